The summed E-state index contributed by atoms with van der Waals surface area (Å²) in [6.07, 6.45) is 2.94. The molecule has 0 saturated heterocycles. The van der Waals surface area contributed by atoms with Gasteiger partial charge in [-0.15, -0.1) is 0 Å². The lowest BCUT2D eigenvalue weighted by Crippen LogP contribution is -2.20. The van der Waals surface area contributed by atoms with Gasteiger partial charge in [-0.1, -0.05) is 30.3 Å². The van der Waals surface area contributed by atoms with Crippen LogP contribution in [0, 0.1) is 0 Å². The van der Waals surface area contributed by atoms with Crippen molar-refractivity contribution in [2.24, 2.45) is 0 Å². The minimum absolute atomic E-state index is 0.326. The van der Waals surface area contributed by atoms with Crippen molar-refractivity contribution >= 4 is 29.3 Å². The number of amides is 1. The second kappa shape index (κ2) is 8.53. The number of anilines is 2. The Bertz CT molecular complexity index is 707. The van der Waals surface area contributed by atoms with Gasteiger partial charge in [-0.2, -0.15) is 0 Å². The first-order valence-corrected chi connectivity index (χ1v) is 7.52. The summed E-state index contributed by atoms with van der Waals surface area (Å²) in [4.78, 5) is 25.4. The van der Waals surface area contributed by atoms with E-state index >= 15 is 0 Å². The molecule has 0 bridgehead atoms. The number of esters is 1. The third-order valence-electron chi connectivity index (χ3n) is 3.22. The SMILES string of the molecule is CN(C)c1ccc(NC(=O)COC(=O)/C=C/c2ccccc2)cc1. The summed E-state index contributed by atoms with van der Waals surface area (Å²) in [6.45, 7) is -0.326. The van der Waals surface area contributed by atoms with E-state index in [-0.39, 0.29) is 12.5 Å². The second-order valence-electron chi connectivity index (χ2n) is 5.34. The average Bonchev–Trinajstić information content (AvgIpc) is 2.59. The minimum Gasteiger partial charge on any atom is -0.452 e. The molecule has 5 heteroatoms. The molecule has 0 spiro atoms. The summed E-state index contributed by atoms with van der Waals surface area (Å²) in [5, 5.41) is 2.68. The summed E-state index contributed by atoms with van der Waals surface area (Å²) >= 11 is 0. The van der Waals surface area contributed by atoms with Crippen molar-refractivity contribution in [1.29, 1.82) is 0 Å². The number of carbonyl (C=O) groups is 2. The number of benzene rings is 2. The highest BCUT2D eigenvalue weighted by atomic mass is 16.5. The summed E-state index contributed by atoms with van der Waals surface area (Å²) in [5.41, 5.74) is 2.58. The van der Waals surface area contributed by atoms with E-state index in [0.29, 0.717) is 5.69 Å². The zero-order valence-corrected chi connectivity index (χ0v) is 13.7. The molecule has 2 rings (SSSR count). The molecular formula is C19H20N2O3. The minimum atomic E-state index is -0.558. The molecule has 2 aromatic rings. The van der Waals surface area contributed by atoms with Crippen LogP contribution in [-0.4, -0.2) is 32.6 Å². The molecule has 24 heavy (non-hydrogen) atoms. The number of hydrogen-bond acceptors (Lipinski definition) is 4. The van der Waals surface area contributed by atoms with E-state index in [4.69, 9.17) is 4.74 Å². The Morgan fingerprint density at radius 3 is 2.33 bits per heavy atom. The lowest BCUT2D eigenvalue weighted by molar-refractivity contribution is -0.142. The molecule has 0 aliphatic carbocycles. The highest BCUT2D eigenvalue weighted by Crippen LogP contribution is 2.15. The predicted molar refractivity (Wildman–Crippen MR) is 95.8 cm³/mol. The van der Waals surface area contributed by atoms with Crippen molar-refractivity contribution < 1.29 is 14.3 Å². The van der Waals surface area contributed by atoms with Crippen LogP contribution in [0.4, 0.5) is 11.4 Å². The maximum atomic E-state index is 11.8. The third kappa shape index (κ3) is 5.61. The van der Waals surface area contributed by atoms with Gasteiger partial charge in [-0.25, -0.2) is 4.79 Å². The molecule has 0 atom stereocenters. The summed E-state index contributed by atoms with van der Waals surface area (Å²) in [7, 11) is 3.88. The lowest BCUT2D eigenvalue weighted by atomic mass is 10.2. The van der Waals surface area contributed by atoms with E-state index < -0.39 is 5.97 Å². The third-order valence-corrected chi connectivity index (χ3v) is 3.22. The van der Waals surface area contributed by atoms with Crippen LogP contribution in [0.5, 0.6) is 0 Å². The zero-order chi connectivity index (χ0) is 17.4. The Kier molecular flexibility index (Phi) is 6.14. The Labute approximate surface area is 141 Å². The van der Waals surface area contributed by atoms with Gasteiger partial charge >= 0.3 is 5.97 Å². The van der Waals surface area contributed by atoms with Gasteiger partial charge in [0, 0.05) is 31.5 Å². The van der Waals surface area contributed by atoms with Crippen LogP contribution in [0.3, 0.4) is 0 Å². The van der Waals surface area contributed by atoms with E-state index in [2.05, 4.69) is 5.32 Å². The van der Waals surface area contributed by atoms with Gasteiger partial charge < -0.3 is 15.0 Å². The molecule has 0 aromatic heterocycles. The highest BCUT2D eigenvalue weighted by molar-refractivity contribution is 5.94. The number of hydrogen-bond donors (Lipinski definition) is 1. The van der Waals surface area contributed by atoms with Crippen LogP contribution in [0.1, 0.15) is 5.56 Å². The molecule has 0 aliphatic heterocycles. The average molecular weight is 324 g/mol. The number of nitrogens with one attached hydrogen (secondary N) is 1. The standard InChI is InChI=1S/C19H20N2O3/c1-21(2)17-11-9-16(10-12-17)20-18(22)14-24-19(23)13-8-15-6-4-3-5-7-15/h3-13H,14H2,1-2H3,(H,20,22)/b13-8+. The van der Waals surface area contributed by atoms with Crippen molar-refractivity contribution in [2.75, 3.05) is 30.9 Å². The molecule has 2 aromatic carbocycles. The van der Waals surface area contributed by atoms with E-state index in [1.807, 2.05) is 61.5 Å². The van der Waals surface area contributed by atoms with Crippen LogP contribution in [-0.2, 0) is 14.3 Å². The van der Waals surface area contributed by atoms with Gasteiger partial charge in [0.15, 0.2) is 6.61 Å². The molecule has 0 fully saturated rings. The summed E-state index contributed by atoms with van der Waals surface area (Å²) in [6, 6.07) is 16.8. The van der Waals surface area contributed by atoms with E-state index in [9.17, 15) is 9.59 Å². The normalized spacial score (nSPS) is 10.4. The molecule has 0 aliphatic rings. The zero-order valence-electron chi connectivity index (χ0n) is 13.7. The van der Waals surface area contributed by atoms with Crippen molar-refractivity contribution in [3.05, 3.63) is 66.2 Å². The van der Waals surface area contributed by atoms with Gasteiger partial charge in [0.25, 0.3) is 5.91 Å². The molecule has 5 nitrogen and oxygen atoms in total. The lowest BCUT2D eigenvalue weighted by Gasteiger charge is -2.13. The summed E-state index contributed by atoms with van der Waals surface area (Å²) < 4.78 is 4.91. The molecule has 0 heterocycles. The first kappa shape index (κ1) is 17.3. The van der Waals surface area contributed by atoms with Crippen LogP contribution in [0.15, 0.2) is 60.7 Å². The monoisotopic (exact) mass is 324 g/mol. The molecule has 0 saturated carbocycles. The Hall–Kier alpha value is -3.08. The summed E-state index contributed by atoms with van der Waals surface area (Å²) in [5.74, 6) is -0.939. The number of rotatable bonds is 6. The molecule has 0 radical (unpaired) electrons. The fraction of sp³-hybridized carbons (Fsp3) is 0.158. The fourth-order valence-electron chi connectivity index (χ4n) is 1.95. The van der Waals surface area contributed by atoms with Gasteiger partial charge in [-0.3, -0.25) is 4.79 Å². The first-order valence-electron chi connectivity index (χ1n) is 7.52. The van der Waals surface area contributed by atoms with E-state index in [1.54, 1.807) is 18.2 Å². The molecule has 124 valence electrons. The van der Waals surface area contributed by atoms with Crippen LogP contribution in [0.25, 0.3) is 6.08 Å². The maximum Gasteiger partial charge on any atom is 0.331 e. The van der Waals surface area contributed by atoms with Gasteiger partial charge in [0.2, 0.25) is 0 Å². The van der Waals surface area contributed by atoms with Crippen LogP contribution in [0.2, 0.25) is 0 Å². The van der Waals surface area contributed by atoms with Crippen LogP contribution >= 0.6 is 0 Å². The Balaban J connectivity index is 1.78. The number of carbonyl (C=O) groups excluding carboxylic acids is 2. The van der Waals surface area contributed by atoms with E-state index in [0.717, 1.165) is 11.3 Å². The predicted octanol–water partition coefficient (Wildman–Crippen LogP) is 2.95. The quantitative estimate of drug-likeness (QED) is 0.655. The van der Waals surface area contributed by atoms with Gasteiger partial charge in [-0.05, 0) is 35.9 Å². The van der Waals surface area contributed by atoms with Gasteiger partial charge in [0.05, 0.1) is 0 Å². The molecule has 1 N–H and O–H groups in total. The topological polar surface area (TPSA) is 58.6 Å². The smallest absolute Gasteiger partial charge is 0.331 e. The largest absolute Gasteiger partial charge is 0.452 e. The van der Waals surface area contributed by atoms with Crippen molar-refractivity contribution in [3.8, 4) is 0 Å². The number of nitrogens with zero attached hydrogens (tertiary/aromatic N) is 1. The Morgan fingerprint density at radius 2 is 1.71 bits per heavy atom. The first-order chi connectivity index (χ1) is 11.5. The molecule has 0 unspecified atom stereocenters. The van der Waals surface area contributed by atoms with Gasteiger partial charge in [0.1, 0.15) is 0 Å². The van der Waals surface area contributed by atoms with Crippen molar-refractivity contribution in [3.63, 3.8) is 0 Å². The van der Waals surface area contributed by atoms with Crippen molar-refractivity contribution in [1.82, 2.24) is 0 Å². The molecule has 1 amide bonds. The second-order valence-corrected chi connectivity index (χ2v) is 5.34. The van der Waals surface area contributed by atoms with Crippen LogP contribution < -0.4 is 10.2 Å². The number of ether oxygens (including phenoxy) is 1. The fourth-order valence-corrected chi connectivity index (χ4v) is 1.95. The Morgan fingerprint density at radius 1 is 1.04 bits per heavy atom. The highest BCUT2D eigenvalue weighted by Gasteiger charge is 2.06. The van der Waals surface area contributed by atoms with E-state index in [1.165, 1.54) is 6.08 Å². The molecular weight excluding hydrogens is 304 g/mol. The maximum absolute atomic E-state index is 11.8. The van der Waals surface area contributed by atoms with Crippen molar-refractivity contribution in [2.45, 2.75) is 0 Å².